The lowest BCUT2D eigenvalue weighted by atomic mass is 9.86. The van der Waals surface area contributed by atoms with Crippen LogP contribution in [-0.2, 0) is 23.9 Å². The maximum absolute atomic E-state index is 14.0. The van der Waals surface area contributed by atoms with Crippen molar-refractivity contribution in [1.82, 2.24) is 19.7 Å². The maximum Gasteiger partial charge on any atom is 0.451 e. The largest absolute Gasteiger partial charge is 0.451 e. The van der Waals surface area contributed by atoms with Crippen LogP contribution in [0.3, 0.4) is 0 Å². The average molecular weight is 406 g/mol. The van der Waals surface area contributed by atoms with E-state index in [0.717, 1.165) is 9.47 Å². The standard InChI is InChI=1S/C16H12F6N4O2/c17-8-4-10(19)9(18)3-7(8)5-15(28)6-11(27)25-1-2-26-13(12(15)25)23-24-14(26)16(20,21)22/h3-4,12,28H,1-2,5-6H2/t12-,15+/m1/s1. The summed E-state index contributed by atoms with van der Waals surface area (Å²) in [4.78, 5) is 13.4. The molecule has 2 aliphatic heterocycles. The van der Waals surface area contributed by atoms with E-state index in [9.17, 15) is 36.2 Å². The number of hydrogen-bond acceptors (Lipinski definition) is 4. The molecule has 1 N–H and O–H groups in total. The lowest BCUT2D eigenvalue weighted by Crippen LogP contribution is -2.45. The Balaban J connectivity index is 1.77. The number of carbonyl (C=O) groups is 1. The molecule has 2 aromatic rings. The smallest absolute Gasteiger partial charge is 0.386 e. The van der Waals surface area contributed by atoms with Gasteiger partial charge in [0, 0.05) is 25.6 Å². The molecular weight excluding hydrogens is 394 g/mol. The number of amides is 1. The number of nitrogens with zero attached hydrogens (tertiary/aromatic N) is 4. The van der Waals surface area contributed by atoms with Gasteiger partial charge in [0.05, 0.1) is 6.42 Å². The molecule has 1 amide bonds. The number of carbonyl (C=O) groups excluding carboxylic acids is 1. The molecule has 2 atom stereocenters. The first kappa shape index (κ1) is 18.7. The highest BCUT2D eigenvalue weighted by Gasteiger charge is 2.56. The lowest BCUT2D eigenvalue weighted by molar-refractivity contribution is -0.148. The van der Waals surface area contributed by atoms with E-state index in [2.05, 4.69) is 10.2 Å². The third-order valence-corrected chi connectivity index (χ3v) is 5.03. The van der Waals surface area contributed by atoms with Gasteiger partial charge in [0.15, 0.2) is 17.5 Å². The molecule has 4 rings (SSSR count). The predicted octanol–water partition coefficient (Wildman–Crippen LogP) is 1.97. The number of halogens is 6. The molecule has 0 unspecified atom stereocenters. The lowest BCUT2D eigenvalue weighted by Gasteiger charge is -2.37. The number of hydrogen-bond donors (Lipinski definition) is 1. The number of aliphatic hydroxyl groups is 1. The molecule has 0 bridgehead atoms. The Hall–Kier alpha value is -2.63. The SMILES string of the molecule is O=C1C[C@@](O)(Cc2cc(F)c(F)cc2F)[C@H]2c3nnc(C(F)(F)F)n3CCN12. The number of aromatic nitrogens is 3. The molecule has 1 aromatic carbocycles. The molecule has 0 spiro atoms. The zero-order valence-corrected chi connectivity index (χ0v) is 14.0. The van der Waals surface area contributed by atoms with Crippen molar-refractivity contribution in [2.75, 3.05) is 6.54 Å². The van der Waals surface area contributed by atoms with Crippen LogP contribution in [0.4, 0.5) is 26.3 Å². The van der Waals surface area contributed by atoms with Gasteiger partial charge in [0.25, 0.3) is 0 Å². The summed E-state index contributed by atoms with van der Waals surface area (Å²) in [5, 5.41) is 17.7. The van der Waals surface area contributed by atoms with E-state index in [1.165, 1.54) is 0 Å². The Morgan fingerprint density at radius 2 is 1.79 bits per heavy atom. The molecule has 0 aliphatic carbocycles. The van der Waals surface area contributed by atoms with Gasteiger partial charge in [-0.2, -0.15) is 13.2 Å². The molecule has 1 aromatic heterocycles. The van der Waals surface area contributed by atoms with Crippen LogP contribution in [0, 0.1) is 17.5 Å². The molecular formula is C16H12F6N4O2. The molecule has 0 saturated carbocycles. The summed E-state index contributed by atoms with van der Waals surface area (Å²) in [6.45, 7) is -0.366. The van der Waals surface area contributed by atoms with E-state index in [1.807, 2.05) is 0 Å². The van der Waals surface area contributed by atoms with Crippen molar-refractivity contribution in [3.05, 3.63) is 46.8 Å². The molecule has 1 fully saturated rings. The highest BCUT2D eigenvalue weighted by atomic mass is 19.4. The van der Waals surface area contributed by atoms with Crippen LogP contribution in [0.5, 0.6) is 0 Å². The monoisotopic (exact) mass is 406 g/mol. The van der Waals surface area contributed by atoms with Gasteiger partial charge in [-0.05, 0) is 11.6 Å². The van der Waals surface area contributed by atoms with Crippen LogP contribution in [0.25, 0.3) is 0 Å². The zero-order chi connectivity index (χ0) is 20.4. The quantitative estimate of drug-likeness (QED) is 0.612. The molecule has 6 nitrogen and oxygen atoms in total. The van der Waals surface area contributed by atoms with Crippen molar-refractivity contribution in [3.8, 4) is 0 Å². The van der Waals surface area contributed by atoms with Crippen LogP contribution in [0.2, 0.25) is 0 Å². The van der Waals surface area contributed by atoms with Crippen molar-refractivity contribution in [3.63, 3.8) is 0 Å². The van der Waals surface area contributed by atoms with E-state index in [0.29, 0.717) is 12.1 Å². The van der Waals surface area contributed by atoms with Crippen molar-refractivity contribution < 1.29 is 36.2 Å². The van der Waals surface area contributed by atoms with Crippen LogP contribution < -0.4 is 0 Å². The normalized spacial score (nSPS) is 24.5. The Kier molecular flexibility index (Phi) is 3.97. The van der Waals surface area contributed by atoms with Crippen LogP contribution in [-0.4, -0.2) is 42.8 Å². The molecule has 150 valence electrons. The van der Waals surface area contributed by atoms with Crippen LogP contribution in [0.15, 0.2) is 12.1 Å². The Morgan fingerprint density at radius 3 is 2.46 bits per heavy atom. The minimum absolute atomic E-state index is 0.139. The van der Waals surface area contributed by atoms with Crippen LogP contribution in [0.1, 0.15) is 29.7 Å². The van der Waals surface area contributed by atoms with Gasteiger partial charge in [-0.3, -0.25) is 4.79 Å². The minimum Gasteiger partial charge on any atom is -0.386 e. The third-order valence-electron chi connectivity index (χ3n) is 5.03. The van der Waals surface area contributed by atoms with E-state index in [1.54, 1.807) is 0 Å². The van der Waals surface area contributed by atoms with Crippen molar-refractivity contribution >= 4 is 5.91 Å². The average Bonchev–Trinajstić information content (AvgIpc) is 3.12. The molecule has 0 radical (unpaired) electrons. The number of fused-ring (bicyclic) bond motifs is 3. The van der Waals surface area contributed by atoms with E-state index >= 15 is 0 Å². The summed E-state index contributed by atoms with van der Waals surface area (Å²) in [5.74, 6) is -6.07. The van der Waals surface area contributed by atoms with Gasteiger partial charge >= 0.3 is 6.18 Å². The Bertz CT molecular complexity index is 975. The maximum atomic E-state index is 14.0. The van der Waals surface area contributed by atoms with E-state index in [-0.39, 0.29) is 18.9 Å². The van der Waals surface area contributed by atoms with Gasteiger partial charge in [-0.15, -0.1) is 10.2 Å². The van der Waals surface area contributed by atoms with Crippen molar-refractivity contribution in [2.24, 2.45) is 0 Å². The van der Waals surface area contributed by atoms with Crippen molar-refractivity contribution in [1.29, 1.82) is 0 Å². The number of rotatable bonds is 2. The topological polar surface area (TPSA) is 71.2 Å². The Labute approximate surface area is 153 Å². The minimum atomic E-state index is -4.79. The first-order valence-corrected chi connectivity index (χ1v) is 8.17. The van der Waals surface area contributed by atoms with Crippen LogP contribution >= 0.6 is 0 Å². The first-order valence-electron chi connectivity index (χ1n) is 8.17. The van der Waals surface area contributed by atoms with Gasteiger partial charge in [0.1, 0.15) is 17.5 Å². The molecule has 3 heterocycles. The molecule has 12 heteroatoms. The van der Waals surface area contributed by atoms with Gasteiger partial charge in [-0.1, -0.05) is 0 Å². The van der Waals surface area contributed by atoms with E-state index < -0.39 is 65.4 Å². The highest BCUT2D eigenvalue weighted by Crippen LogP contribution is 2.45. The van der Waals surface area contributed by atoms with Gasteiger partial charge in [0.2, 0.25) is 11.7 Å². The fourth-order valence-electron chi connectivity index (χ4n) is 3.87. The molecule has 2 aliphatic rings. The Morgan fingerprint density at radius 1 is 1.11 bits per heavy atom. The molecule has 28 heavy (non-hydrogen) atoms. The predicted molar refractivity (Wildman–Crippen MR) is 79.1 cm³/mol. The highest BCUT2D eigenvalue weighted by molar-refractivity contribution is 5.81. The summed E-state index contributed by atoms with van der Waals surface area (Å²) in [5.41, 5.74) is -2.49. The molecule has 1 saturated heterocycles. The number of benzene rings is 1. The summed E-state index contributed by atoms with van der Waals surface area (Å²) >= 11 is 0. The second-order valence-electron chi connectivity index (χ2n) is 6.84. The second-order valence-corrected chi connectivity index (χ2v) is 6.84. The van der Waals surface area contributed by atoms with Gasteiger partial charge in [-0.25, -0.2) is 13.2 Å². The fourth-order valence-corrected chi connectivity index (χ4v) is 3.87. The number of alkyl halides is 3. The zero-order valence-electron chi connectivity index (χ0n) is 14.0. The summed E-state index contributed by atoms with van der Waals surface area (Å²) in [6.07, 6.45) is -5.96. The van der Waals surface area contributed by atoms with Gasteiger partial charge < -0.3 is 14.6 Å². The second kappa shape index (κ2) is 5.93. The summed E-state index contributed by atoms with van der Waals surface area (Å²) < 4.78 is 80.8. The third kappa shape index (κ3) is 2.74. The summed E-state index contributed by atoms with van der Waals surface area (Å²) in [7, 11) is 0. The fraction of sp³-hybridized carbons (Fsp3) is 0.438. The first-order chi connectivity index (χ1) is 13.0. The van der Waals surface area contributed by atoms with Crippen molar-refractivity contribution in [2.45, 2.75) is 37.2 Å². The summed E-state index contributed by atoms with van der Waals surface area (Å²) in [6, 6.07) is -0.483. The van der Waals surface area contributed by atoms with E-state index in [4.69, 9.17) is 0 Å².